The Morgan fingerprint density at radius 3 is 2.75 bits per heavy atom. The molecule has 1 atom stereocenters. The molecule has 1 aliphatic heterocycles. The molecule has 0 radical (unpaired) electrons. The van der Waals surface area contributed by atoms with Crippen LogP contribution < -0.4 is 10.2 Å². The summed E-state index contributed by atoms with van der Waals surface area (Å²) in [5, 5.41) is 3.38. The Hall–Kier alpha value is -1.35. The number of carbonyl (C=O) groups excluding carboxylic acids is 1. The smallest absolute Gasteiger partial charge is 0.228 e. The molecule has 1 aliphatic rings. The van der Waals surface area contributed by atoms with Crippen LogP contribution in [0.2, 0.25) is 0 Å². The third-order valence-electron chi connectivity index (χ3n) is 3.64. The van der Waals surface area contributed by atoms with E-state index in [4.69, 9.17) is 0 Å². The molecule has 1 aromatic rings. The Kier molecular flexibility index (Phi) is 4.48. The largest absolute Gasteiger partial charge is 0.312 e. The van der Waals surface area contributed by atoms with E-state index in [2.05, 4.69) is 51.2 Å². The maximum Gasteiger partial charge on any atom is 0.228 e. The summed E-state index contributed by atoms with van der Waals surface area (Å²) in [7, 11) is 0. The van der Waals surface area contributed by atoms with Crippen molar-refractivity contribution in [3.8, 4) is 0 Å². The zero-order valence-electron chi connectivity index (χ0n) is 13.1. The molecule has 1 unspecified atom stereocenters. The Morgan fingerprint density at radius 2 is 2.05 bits per heavy atom. The lowest BCUT2D eigenvalue weighted by Crippen LogP contribution is -2.42. The van der Waals surface area contributed by atoms with Gasteiger partial charge in [-0.2, -0.15) is 0 Å². The molecule has 1 heterocycles. The lowest BCUT2D eigenvalue weighted by Gasteiger charge is -2.33. The van der Waals surface area contributed by atoms with E-state index in [9.17, 15) is 4.79 Å². The van der Waals surface area contributed by atoms with Gasteiger partial charge in [-0.05, 0) is 44.7 Å². The van der Waals surface area contributed by atoms with Gasteiger partial charge in [0.25, 0.3) is 0 Å². The number of carbonyl (C=O) groups is 1. The Labute approximate surface area is 122 Å². The first-order chi connectivity index (χ1) is 9.37. The van der Waals surface area contributed by atoms with E-state index in [0.29, 0.717) is 12.3 Å². The number of para-hydroxylation sites is 1. The van der Waals surface area contributed by atoms with Gasteiger partial charge in [-0.1, -0.05) is 25.1 Å². The molecule has 3 nitrogen and oxygen atoms in total. The minimum Gasteiger partial charge on any atom is -0.312 e. The summed E-state index contributed by atoms with van der Waals surface area (Å²) in [4.78, 5) is 14.4. The number of rotatable bonds is 3. The lowest BCUT2D eigenvalue weighted by molar-refractivity contribution is -0.118. The van der Waals surface area contributed by atoms with Crippen molar-refractivity contribution in [3.63, 3.8) is 0 Å². The molecular formula is C17H26N2O. The van der Waals surface area contributed by atoms with Gasteiger partial charge in [-0.3, -0.25) is 4.79 Å². The minimum atomic E-state index is 0.0629. The number of amides is 1. The molecule has 0 saturated carbocycles. The summed E-state index contributed by atoms with van der Waals surface area (Å²) in [5.74, 6) is 0.755. The second kappa shape index (κ2) is 5.96. The fourth-order valence-corrected chi connectivity index (χ4v) is 2.71. The van der Waals surface area contributed by atoms with Crippen molar-refractivity contribution in [2.24, 2.45) is 5.92 Å². The first-order valence-electron chi connectivity index (χ1n) is 7.50. The summed E-state index contributed by atoms with van der Waals surface area (Å²) in [6.45, 7) is 10.1. The maximum absolute atomic E-state index is 12.5. The minimum absolute atomic E-state index is 0.0629. The van der Waals surface area contributed by atoms with Crippen molar-refractivity contribution in [3.05, 3.63) is 29.8 Å². The molecule has 3 heteroatoms. The van der Waals surface area contributed by atoms with Crippen LogP contribution >= 0.6 is 0 Å². The van der Waals surface area contributed by atoms with E-state index in [1.165, 1.54) is 5.56 Å². The normalized spacial score (nSPS) is 18.8. The lowest BCUT2D eigenvalue weighted by atomic mass is 9.93. The van der Waals surface area contributed by atoms with E-state index < -0.39 is 0 Å². The quantitative estimate of drug-likeness (QED) is 0.919. The van der Waals surface area contributed by atoms with Gasteiger partial charge in [0.2, 0.25) is 5.91 Å². The zero-order chi connectivity index (χ0) is 14.8. The van der Waals surface area contributed by atoms with E-state index in [1.54, 1.807) is 0 Å². The van der Waals surface area contributed by atoms with Crippen molar-refractivity contribution >= 4 is 11.6 Å². The second-order valence-corrected chi connectivity index (χ2v) is 6.87. The van der Waals surface area contributed by atoms with Crippen molar-refractivity contribution in [2.75, 3.05) is 18.0 Å². The molecule has 1 amide bonds. The first-order valence-corrected chi connectivity index (χ1v) is 7.50. The highest BCUT2D eigenvalue weighted by Gasteiger charge is 2.25. The molecule has 0 aliphatic carbocycles. The summed E-state index contributed by atoms with van der Waals surface area (Å²) in [5.41, 5.74) is 2.46. The van der Waals surface area contributed by atoms with Crippen molar-refractivity contribution < 1.29 is 4.79 Å². The van der Waals surface area contributed by atoms with Crippen LogP contribution in [0.1, 0.15) is 39.7 Å². The van der Waals surface area contributed by atoms with Gasteiger partial charge in [-0.25, -0.2) is 0 Å². The fraction of sp³-hybridized carbons (Fsp3) is 0.588. The van der Waals surface area contributed by atoms with Crippen LogP contribution in [0.4, 0.5) is 5.69 Å². The summed E-state index contributed by atoms with van der Waals surface area (Å²) in [6, 6.07) is 8.28. The monoisotopic (exact) mass is 274 g/mol. The number of benzene rings is 1. The number of nitrogens with zero attached hydrogens (tertiary/aromatic N) is 1. The average molecular weight is 274 g/mol. The van der Waals surface area contributed by atoms with Gasteiger partial charge in [0.05, 0.1) is 0 Å². The van der Waals surface area contributed by atoms with Crippen LogP contribution in [0, 0.1) is 5.92 Å². The molecule has 0 spiro atoms. The van der Waals surface area contributed by atoms with Gasteiger partial charge in [0.15, 0.2) is 0 Å². The van der Waals surface area contributed by atoms with Crippen LogP contribution in [0.5, 0.6) is 0 Å². The van der Waals surface area contributed by atoms with Gasteiger partial charge in [0, 0.05) is 30.7 Å². The Bertz CT molecular complexity index is 476. The number of nitrogens with one attached hydrogen (secondary N) is 1. The molecule has 110 valence electrons. The highest BCUT2D eigenvalue weighted by Crippen LogP contribution is 2.29. The second-order valence-electron chi connectivity index (χ2n) is 6.87. The van der Waals surface area contributed by atoms with E-state index in [-0.39, 0.29) is 11.4 Å². The highest BCUT2D eigenvalue weighted by atomic mass is 16.2. The molecular weight excluding hydrogens is 248 g/mol. The third-order valence-corrected chi connectivity index (χ3v) is 3.64. The SMILES string of the molecule is CC1Cc2ccccc2N(C(=O)CCNC(C)(C)C)C1. The number of fused-ring (bicyclic) bond motifs is 1. The summed E-state index contributed by atoms with van der Waals surface area (Å²) in [6.07, 6.45) is 1.62. The van der Waals surface area contributed by atoms with Crippen LogP contribution in [-0.4, -0.2) is 24.5 Å². The molecule has 0 fully saturated rings. The van der Waals surface area contributed by atoms with E-state index in [0.717, 1.165) is 25.2 Å². The predicted molar refractivity (Wildman–Crippen MR) is 84.0 cm³/mol. The molecule has 2 rings (SSSR count). The van der Waals surface area contributed by atoms with Crippen LogP contribution in [0.25, 0.3) is 0 Å². The summed E-state index contributed by atoms with van der Waals surface area (Å²) >= 11 is 0. The Morgan fingerprint density at radius 1 is 1.35 bits per heavy atom. The Balaban J connectivity index is 2.03. The summed E-state index contributed by atoms with van der Waals surface area (Å²) < 4.78 is 0. The van der Waals surface area contributed by atoms with Crippen LogP contribution in [0.15, 0.2) is 24.3 Å². The molecule has 0 saturated heterocycles. The van der Waals surface area contributed by atoms with Crippen molar-refractivity contribution in [2.45, 2.75) is 46.1 Å². The molecule has 0 bridgehead atoms. The zero-order valence-corrected chi connectivity index (χ0v) is 13.1. The number of hydrogen-bond acceptors (Lipinski definition) is 2. The van der Waals surface area contributed by atoms with Crippen LogP contribution in [-0.2, 0) is 11.2 Å². The van der Waals surface area contributed by atoms with Crippen molar-refractivity contribution in [1.29, 1.82) is 0 Å². The standard InChI is InChI=1S/C17H26N2O/c1-13-11-14-7-5-6-8-15(14)19(12-13)16(20)9-10-18-17(2,3)4/h5-8,13,18H,9-12H2,1-4H3. The van der Waals surface area contributed by atoms with E-state index in [1.807, 2.05) is 11.0 Å². The molecule has 0 aromatic heterocycles. The fourth-order valence-electron chi connectivity index (χ4n) is 2.71. The molecule has 20 heavy (non-hydrogen) atoms. The highest BCUT2D eigenvalue weighted by molar-refractivity contribution is 5.94. The predicted octanol–water partition coefficient (Wildman–Crippen LogP) is 2.99. The average Bonchev–Trinajstić information content (AvgIpc) is 2.36. The van der Waals surface area contributed by atoms with Crippen LogP contribution in [0.3, 0.4) is 0 Å². The molecule has 1 aromatic carbocycles. The molecule has 1 N–H and O–H groups in total. The van der Waals surface area contributed by atoms with Gasteiger partial charge >= 0.3 is 0 Å². The topological polar surface area (TPSA) is 32.3 Å². The number of anilines is 1. The number of hydrogen-bond donors (Lipinski definition) is 1. The first kappa shape index (κ1) is 15.0. The third kappa shape index (κ3) is 3.83. The van der Waals surface area contributed by atoms with Crippen molar-refractivity contribution in [1.82, 2.24) is 5.32 Å². The van der Waals surface area contributed by atoms with E-state index >= 15 is 0 Å². The van der Waals surface area contributed by atoms with Gasteiger partial charge in [-0.15, -0.1) is 0 Å². The maximum atomic E-state index is 12.5. The van der Waals surface area contributed by atoms with Gasteiger partial charge in [0.1, 0.15) is 0 Å². The van der Waals surface area contributed by atoms with Gasteiger partial charge < -0.3 is 10.2 Å².